The summed E-state index contributed by atoms with van der Waals surface area (Å²) in [5.74, 6) is 0. The Bertz CT molecular complexity index is 422. The van der Waals surface area contributed by atoms with Gasteiger partial charge in [0.15, 0.2) is 0 Å². The summed E-state index contributed by atoms with van der Waals surface area (Å²) in [7, 11) is 1.89. The SMILES string of the molecule is CCc1nn(C)c(COCC2CNCC(C)O2)c1Cl. The Labute approximate surface area is 119 Å². The third kappa shape index (κ3) is 3.69. The molecule has 5 nitrogen and oxygen atoms in total. The molecule has 108 valence electrons. The van der Waals surface area contributed by atoms with Crippen molar-refractivity contribution < 1.29 is 9.47 Å². The molecule has 1 saturated heterocycles. The van der Waals surface area contributed by atoms with E-state index < -0.39 is 0 Å². The highest BCUT2D eigenvalue weighted by atomic mass is 35.5. The van der Waals surface area contributed by atoms with Gasteiger partial charge in [0.05, 0.1) is 41.8 Å². The average Bonchev–Trinajstić information content (AvgIpc) is 2.66. The number of aromatic nitrogens is 2. The van der Waals surface area contributed by atoms with E-state index in [1.165, 1.54) is 0 Å². The zero-order valence-corrected chi connectivity index (χ0v) is 12.5. The van der Waals surface area contributed by atoms with E-state index in [1.54, 1.807) is 4.68 Å². The molecule has 0 radical (unpaired) electrons. The molecule has 1 aliphatic heterocycles. The van der Waals surface area contributed by atoms with Crippen LogP contribution in [0.1, 0.15) is 25.2 Å². The van der Waals surface area contributed by atoms with Crippen molar-refractivity contribution in [3.05, 3.63) is 16.4 Å². The molecule has 0 saturated carbocycles. The molecule has 0 bridgehead atoms. The van der Waals surface area contributed by atoms with Gasteiger partial charge in [-0.1, -0.05) is 18.5 Å². The number of aryl methyl sites for hydroxylation is 2. The summed E-state index contributed by atoms with van der Waals surface area (Å²) in [6.45, 7) is 6.89. The van der Waals surface area contributed by atoms with Crippen LogP contribution >= 0.6 is 11.6 Å². The van der Waals surface area contributed by atoms with E-state index in [-0.39, 0.29) is 12.2 Å². The van der Waals surface area contributed by atoms with E-state index in [0.717, 1.165) is 35.9 Å². The van der Waals surface area contributed by atoms with Crippen molar-refractivity contribution in [2.45, 2.75) is 39.1 Å². The second-order valence-corrected chi connectivity index (χ2v) is 5.30. The number of ether oxygens (including phenoxy) is 2. The molecular weight excluding hydrogens is 266 g/mol. The van der Waals surface area contributed by atoms with E-state index in [4.69, 9.17) is 21.1 Å². The first kappa shape index (κ1) is 14.8. The maximum atomic E-state index is 6.27. The first-order valence-electron chi connectivity index (χ1n) is 6.76. The van der Waals surface area contributed by atoms with Crippen molar-refractivity contribution in [2.24, 2.45) is 7.05 Å². The van der Waals surface area contributed by atoms with E-state index in [1.807, 2.05) is 14.0 Å². The van der Waals surface area contributed by atoms with Gasteiger partial charge < -0.3 is 14.8 Å². The van der Waals surface area contributed by atoms with Crippen LogP contribution in [0.4, 0.5) is 0 Å². The zero-order chi connectivity index (χ0) is 13.8. The molecule has 2 unspecified atom stereocenters. The van der Waals surface area contributed by atoms with Crippen LogP contribution in [-0.4, -0.2) is 41.7 Å². The topological polar surface area (TPSA) is 48.3 Å². The highest BCUT2D eigenvalue weighted by molar-refractivity contribution is 6.31. The molecule has 1 aromatic heterocycles. The molecule has 2 rings (SSSR count). The monoisotopic (exact) mass is 287 g/mol. The third-order valence-corrected chi connectivity index (χ3v) is 3.71. The number of hydrogen-bond acceptors (Lipinski definition) is 4. The first-order valence-corrected chi connectivity index (χ1v) is 7.13. The van der Waals surface area contributed by atoms with Crippen LogP contribution in [0, 0.1) is 0 Å². The number of nitrogens with zero attached hydrogens (tertiary/aromatic N) is 2. The maximum Gasteiger partial charge on any atom is 0.0936 e. The lowest BCUT2D eigenvalue weighted by Crippen LogP contribution is -2.45. The molecule has 2 heterocycles. The Kier molecular flexibility index (Phi) is 5.21. The molecule has 2 atom stereocenters. The number of rotatable bonds is 5. The molecule has 1 N–H and O–H groups in total. The fourth-order valence-corrected chi connectivity index (χ4v) is 2.58. The molecule has 0 aliphatic carbocycles. The second kappa shape index (κ2) is 6.70. The Hall–Kier alpha value is -0.620. The van der Waals surface area contributed by atoms with E-state index in [9.17, 15) is 0 Å². The largest absolute Gasteiger partial charge is 0.372 e. The van der Waals surface area contributed by atoms with Gasteiger partial charge in [0.2, 0.25) is 0 Å². The smallest absolute Gasteiger partial charge is 0.0936 e. The molecule has 0 aromatic carbocycles. The van der Waals surface area contributed by atoms with Crippen LogP contribution in [0.15, 0.2) is 0 Å². The van der Waals surface area contributed by atoms with Crippen molar-refractivity contribution in [1.82, 2.24) is 15.1 Å². The Morgan fingerprint density at radius 2 is 2.32 bits per heavy atom. The molecule has 6 heteroatoms. The van der Waals surface area contributed by atoms with E-state index in [2.05, 4.69) is 17.3 Å². The van der Waals surface area contributed by atoms with Gasteiger partial charge in [-0.15, -0.1) is 0 Å². The Morgan fingerprint density at radius 1 is 1.53 bits per heavy atom. The lowest BCUT2D eigenvalue weighted by molar-refractivity contribution is -0.0722. The maximum absolute atomic E-state index is 6.27. The van der Waals surface area contributed by atoms with Gasteiger partial charge in [-0.25, -0.2) is 0 Å². The highest BCUT2D eigenvalue weighted by Gasteiger charge is 2.19. The van der Waals surface area contributed by atoms with E-state index in [0.29, 0.717) is 13.2 Å². The molecular formula is C13H22ClN3O2. The fourth-order valence-electron chi connectivity index (χ4n) is 2.23. The van der Waals surface area contributed by atoms with Crippen molar-refractivity contribution >= 4 is 11.6 Å². The summed E-state index contributed by atoms with van der Waals surface area (Å²) in [4.78, 5) is 0. The van der Waals surface area contributed by atoms with Gasteiger partial charge in [0.1, 0.15) is 0 Å². The number of hydrogen-bond donors (Lipinski definition) is 1. The minimum atomic E-state index is 0.112. The lowest BCUT2D eigenvalue weighted by atomic mass is 10.2. The van der Waals surface area contributed by atoms with E-state index >= 15 is 0 Å². The van der Waals surface area contributed by atoms with Gasteiger partial charge in [-0.05, 0) is 13.3 Å². The van der Waals surface area contributed by atoms with Crippen LogP contribution in [0.5, 0.6) is 0 Å². The summed E-state index contributed by atoms with van der Waals surface area (Å²) in [6, 6.07) is 0. The molecule has 1 aromatic rings. The average molecular weight is 288 g/mol. The lowest BCUT2D eigenvalue weighted by Gasteiger charge is -2.28. The second-order valence-electron chi connectivity index (χ2n) is 4.93. The van der Waals surface area contributed by atoms with Gasteiger partial charge in [-0.2, -0.15) is 5.10 Å². The summed E-state index contributed by atoms with van der Waals surface area (Å²) >= 11 is 6.27. The van der Waals surface area contributed by atoms with Gasteiger partial charge in [0, 0.05) is 20.1 Å². The number of nitrogens with one attached hydrogen (secondary N) is 1. The van der Waals surface area contributed by atoms with Gasteiger partial charge >= 0.3 is 0 Å². The number of halogens is 1. The number of morpholine rings is 1. The Morgan fingerprint density at radius 3 is 2.95 bits per heavy atom. The minimum Gasteiger partial charge on any atom is -0.372 e. The van der Waals surface area contributed by atoms with Crippen molar-refractivity contribution in [2.75, 3.05) is 19.7 Å². The highest BCUT2D eigenvalue weighted by Crippen LogP contribution is 2.21. The molecule has 1 aliphatic rings. The van der Waals surface area contributed by atoms with Gasteiger partial charge in [-0.3, -0.25) is 4.68 Å². The van der Waals surface area contributed by atoms with Crippen LogP contribution in [0.25, 0.3) is 0 Å². The van der Waals surface area contributed by atoms with Crippen LogP contribution in [-0.2, 0) is 29.5 Å². The summed E-state index contributed by atoms with van der Waals surface area (Å²) in [5.41, 5.74) is 1.85. The zero-order valence-electron chi connectivity index (χ0n) is 11.8. The fraction of sp³-hybridized carbons (Fsp3) is 0.769. The summed E-state index contributed by atoms with van der Waals surface area (Å²) in [5, 5.41) is 8.41. The van der Waals surface area contributed by atoms with Crippen LogP contribution < -0.4 is 5.32 Å². The van der Waals surface area contributed by atoms with Gasteiger partial charge in [0.25, 0.3) is 0 Å². The predicted molar refractivity (Wildman–Crippen MR) is 74.5 cm³/mol. The minimum absolute atomic E-state index is 0.112. The Balaban J connectivity index is 1.84. The van der Waals surface area contributed by atoms with Crippen molar-refractivity contribution in [3.8, 4) is 0 Å². The molecule has 0 amide bonds. The van der Waals surface area contributed by atoms with Crippen molar-refractivity contribution in [3.63, 3.8) is 0 Å². The standard InChI is InChI=1S/C13H22ClN3O2/c1-4-11-13(14)12(17(3)16-11)8-18-7-10-6-15-5-9(2)19-10/h9-10,15H,4-8H2,1-3H3. The summed E-state index contributed by atoms with van der Waals surface area (Å²) < 4.78 is 13.3. The molecule has 0 spiro atoms. The summed E-state index contributed by atoms with van der Waals surface area (Å²) in [6.07, 6.45) is 1.19. The van der Waals surface area contributed by atoms with Crippen LogP contribution in [0.2, 0.25) is 5.02 Å². The molecule has 19 heavy (non-hydrogen) atoms. The van der Waals surface area contributed by atoms with Crippen LogP contribution in [0.3, 0.4) is 0 Å². The van der Waals surface area contributed by atoms with Crippen molar-refractivity contribution in [1.29, 1.82) is 0 Å². The first-order chi connectivity index (χ1) is 9.11. The quantitative estimate of drug-likeness (QED) is 0.892. The normalized spacial score (nSPS) is 23.8. The molecule has 1 fully saturated rings. The third-order valence-electron chi connectivity index (χ3n) is 3.27. The predicted octanol–water partition coefficient (Wildman–Crippen LogP) is 1.53.